The Morgan fingerprint density at radius 1 is 0.750 bits per heavy atom. The van der Waals surface area contributed by atoms with Crippen LogP contribution in [0.25, 0.3) is 0 Å². The molecule has 0 fully saturated rings. The maximum Gasteiger partial charge on any atom is 0.234 e. The summed E-state index contributed by atoms with van der Waals surface area (Å²) in [4.78, 5) is 11.8. The first kappa shape index (κ1) is 22.3. The van der Waals surface area contributed by atoms with Crippen LogP contribution in [0, 0.1) is 6.92 Å². The molecule has 0 radical (unpaired) electrons. The van der Waals surface area contributed by atoms with Crippen molar-refractivity contribution in [2.75, 3.05) is 10.0 Å². The highest BCUT2D eigenvalue weighted by atomic mass is 32.2. The van der Waals surface area contributed by atoms with Crippen LogP contribution in [0.15, 0.2) is 119 Å². The molecule has 1 atom stereocenters. The van der Waals surface area contributed by atoms with Crippen molar-refractivity contribution in [3.8, 4) is 0 Å². The Morgan fingerprint density at radius 3 is 2.11 bits per heavy atom. The van der Waals surface area contributed by atoms with Gasteiger partial charge in [0.25, 0.3) is 0 Å². The van der Waals surface area contributed by atoms with Gasteiger partial charge in [-0.1, -0.05) is 91.0 Å². The Morgan fingerprint density at radius 2 is 1.39 bits per heavy atom. The third-order valence-electron chi connectivity index (χ3n) is 6.43. The summed E-state index contributed by atoms with van der Waals surface area (Å²) >= 11 is 1.44. The van der Waals surface area contributed by atoms with E-state index in [1.54, 1.807) is 6.92 Å². The summed E-state index contributed by atoms with van der Waals surface area (Å²) in [7, 11) is 0. The van der Waals surface area contributed by atoms with E-state index in [0.29, 0.717) is 5.04 Å². The molecule has 2 heterocycles. The van der Waals surface area contributed by atoms with Crippen LogP contribution >= 0.6 is 11.8 Å². The lowest BCUT2D eigenvalue weighted by Crippen LogP contribution is -2.54. The van der Waals surface area contributed by atoms with Gasteiger partial charge in [-0.05, 0) is 42.4 Å². The second-order valence-electron chi connectivity index (χ2n) is 8.78. The molecule has 6 heteroatoms. The molecular formula is C30H24N4OS. The number of aryl methyl sites for hydroxylation is 1. The fraction of sp³-hybridized carbons (Fsp3) is 0.100. The van der Waals surface area contributed by atoms with E-state index in [1.165, 1.54) is 11.8 Å². The van der Waals surface area contributed by atoms with Crippen LogP contribution in [0.4, 0.5) is 11.4 Å². The van der Waals surface area contributed by atoms with Crippen LogP contribution in [-0.4, -0.2) is 16.5 Å². The number of Topliss-reactive ketones (excluding diaryl/α,β-unsaturated/α-hetero) is 1. The molecule has 0 bridgehead atoms. The third-order valence-corrected chi connectivity index (χ3v) is 7.84. The van der Waals surface area contributed by atoms with Gasteiger partial charge < -0.3 is 0 Å². The first-order valence-corrected chi connectivity index (χ1v) is 12.6. The summed E-state index contributed by atoms with van der Waals surface area (Å²) in [5, 5.41) is 14.7. The normalized spacial score (nSPS) is 18.6. The van der Waals surface area contributed by atoms with E-state index in [1.807, 2.05) is 88.9 Å². The summed E-state index contributed by atoms with van der Waals surface area (Å²) in [6.07, 6.45) is 0. The van der Waals surface area contributed by atoms with Crippen LogP contribution in [0.1, 0.15) is 29.2 Å². The van der Waals surface area contributed by atoms with E-state index in [2.05, 4.69) is 37.3 Å². The van der Waals surface area contributed by atoms with E-state index in [-0.39, 0.29) is 5.78 Å². The number of hydrogen-bond donors (Lipinski definition) is 0. The number of hydrogen-bond acceptors (Lipinski definition) is 6. The summed E-state index contributed by atoms with van der Waals surface area (Å²) in [5.41, 5.74) is 6.84. The molecule has 4 aromatic carbocycles. The van der Waals surface area contributed by atoms with Crippen LogP contribution in [-0.2, 0) is 9.79 Å². The van der Waals surface area contributed by atoms with Gasteiger partial charge in [0.05, 0.1) is 17.1 Å². The molecule has 2 aliphatic heterocycles. The van der Waals surface area contributed by atoms with Gasteiger partial charge in [0, 0.05) is 23.6 Å². The minimum absolute atomic E-state index is 0.0706. The first-order valence-electron chi connectivity index (χ1n) is 11.8. The van der Waals surface area contributed by atoms with E-state index < -0.39 is 4.99 Å². The molecule has 0 N–H and O–H groups in total. The molecular weight excluding hydrogens is 464 g/mol. The summed E-state index contributed by atoms with van der Waals surface area (Å²) in [5.74, 6) is -0.0706. The number of anilines is 2. The van der Waals surface area contributed by atoms with Gasteiger partial charge in [0.2, 0.25) is 4.99 Å². The Hall–Kier alpha value is -4.16. The van der Waals surface area contributed by atoms with Gasteiger partial charge in [-0.25, -0.2) is 10.0 Å². The minimum Gasteiger partial charge on any atom is -0.292 e. The fourth-order valence-corrected chi connectivity index (χ4v) is 6.02. The molecule has 0 amide bonds. The number of para-hydroxylation sites is 2. The van der Waals surface area contributed by atoms with Crippen LogP contribution in [0.2, 0.25) is 0 Å². The maximum atomic E-state index is 12.7. The maximum absolute atomic E-state index is 12.7. The molecule has 36 heavy (non-hydrogen) atoms. The van der Waals surface area contributed by atoms with Crippen LogP contribution < -0.4 is 10.0 Å². The van der Waals surface area contributed by atoms with Crippen molar-refractivity contribution < 1.29 is 4.79 Å². The standard InChI is InChI=1S/C30H24N4OS/c1-21-13-9-12-20-27(21)34-30(36-29(32-34)22(2)35)26-19-11-10-18-25(26)28(23-14-5-3-6-15-23)31-33(30)24-16-7-4-8-17-24/h3-20H,1-2H3. The van der Waals surface area contributed by atoms with E-state index in [0.717, 1.165) is 39.3 Å². The number of carbonyl (C=O) groups is 1. The van der Waals surface area contributed by atoms with Gasteiger partial charge in [0.1, 0.15) is 0 Å². The van der Waals surface area contributed by atoms with Crippen LogP contribution in [0.5, 0.6) is 0 Å². The number of thioether (sulfide) groups is 1. The molecule has 2 aliphatic rings. The number of rotatable bonds is 4. The average molecular weight is 489 g/mol. The SMILES string of the molecule is CC(=O)C1=NN(c2ccccc2C)C2(S1)c1ccccc1C(c1ccccc1)=NN2c1ccccc1. The highest BCUT2D eigenvalue weighted by Crippen LogP contribution is 2.55. The molecule has 4 aromatic rings. The van der Waals surface area contributed by atoms with Gasteiger partial charge in [-0.3, -0.25) is 4.79 Å². The number of carbonyl (C=O) groups excluding carboxylic acids is 1. The van der Waals surface area contributed by atoms with Crippen molar-refractivity contribution in [1.29, 1.82) is 0 Å². The molecule has 1 unspecified atom stereocenters. The predicted molar refractivity (Wildman–Crippen MR) is 148 cm³/mol. The lowest BCUT2D eigenvalue weighted by molar-refractivity contribution is -0.110. The molecule has 1 spiro atoms. The minimum atomic E-state index is -0.927. The quantitative estimate of drug-likeness (QED) is 0.328. The molecule has 0 saturated heterocycles. The molecule has 0 aliphatic carbocycles. The number of hydrazone groups is 2. The predicted octanol–water partition coefficient (Wildman–Crippen LogP) is 6.53. The fourth-order valence-electron chi connectivity index (χ4n) is 4.74. The smallest absolute Gasteiger partial charge is 0.234 e. The number of ketones is 1. The second-order valence-corrected chi connectivity index (χ2v) is 9.94. The zero-order valence-corrected chi connectivity index (χ0v) is 20.8. The monoisotopic (exact) mass is 488 g/mol. The van der Waals surface area contributed by atoms with Crippen molar-refractivity contribution in [1.82, 2.24) is 0 Å². The van der Waals surface area contributed by atoms with Crippen molar-refractivity contribution >= 4 is 39.7 Å². The van der Waals surface area contributed by atoms with Crippen LogP contribution in [0.3, 0.4) is 0 Å². The molecule has 6 rings (SSSR count). The lowest BCUT2D eigenvalue weighted by atomic mass is 9.93. The summed E-state index contributed by atoms with van der Waals surface area (Å²) in [6.45, 7) is 3.64. The van der Waals surface area contributed by atoms with Crippen molar-refractivity contribution in [2.24, 2.45) is 10.2 Å². The molecule has 0 aromatic heterocycles. The highest BCUT2D eigenvalue weighted by Gasteiger charge is 2.56. The second kappa shape index (κ2) is 8.81. The Bertz CT molecular complexity index is 1520. The zero-order valence-electron chi connectivity index (χ0n) is 20.0. The lowest BCUT2D eigenvalue weighted by Gasteiger charge is -2.47. The Kier molecular flexibility index (Phi) is 5.46. The first-order chi connectivity index (χ1) is 17.6. The van der Waals surface area contributed by atoms with Crippen molar-refractivity contribution in [3.63, 3.8) is 0 Å². The van der Waals surface area contributed by atoms with Gasteiger partial charge in [0.15, 0.2) is 10.8 Å². The Labute approximate surface area is 214 Å². The largest absolute Gasteiger partial charge is 0.292 e. The van der Waals surface area contributed by atoms with Crippen molar-refractivity contribution in [2.45, 2.75) is 18.8 Å². The van der Waals surface area contributed by atoms with Gasteiger partial charge in [-0.2, -0.15) is 10.2 Å². The topological polar surface area (TPSA) is 48.3 Å². The highest BCUT2D eigenvalue weighted by molar-refractivity contribution is 8.17. The van der Waals surface area contributed by atoms with Gasteiger partial charge >= 0.3 is 0 Å². The van der Waals surface area contributed by atoms with Crippen molar-refractivity contribution in [3.05, 3.63) is 131 Å². The summed E-state index contributed by atoms with van der Waals surface area (Å²) < 4.78 is 0. The van der Waals surface area contributed by atoms with E-state index >= 15 is 0 Å². The van der Waals surface area contributed by atoms with E-state index in [4.69, 9.17) is 10.2 Å². The number of fused-ring (bicyclic) bond motifs is 2. The number of benzene rings is 4. The third kappa shape index (κ3) is 3.45. The summed E-state index contributed by atoms with van der Waals surface area (Å²) in [6, 6.07) is 36.8. The molecule has 0 saturated carbocycles. The van der Waals surface area contributed by atoms with Gasteiger partial charge in [-0.15, -0.1) is 0 Å². The average Bonchev–Trinajstić information content (AvgIpc) is 3.31. The number of nitrogens with zero attached hydrogens (tertiary/aromatic N) is 4. The zero-order chi connectivity index (χ0) is 24.7. The molecule has 5 nitrogen and oxygen atoms in total. The van der Waals surface area contributed by atoms with E-state index in [9.17, 15) is 4.79 Å². The molecule has 176 valence electrons. The Balaban J connectivity index is 1.68.